The number of carbonyl (C=O) groups excluding carboxylic acids is 2. The normalized spacial score (nSPS) is 21.2. The summed E-state index contributed by atoms with van der Waals surface area (Å²) in [6, 6.07) is 16.5. The highest BCUT2D eigenvalue weighted by Crippen LogP contribution is 2.40. The lowest BCUT2D eigenvalue weighted by atomic mass is 9.94. The van der Waals surface area contributed by atoms with E-state index < -0.39 is 0 Å². The number of aromatic amines is 1. The molecule has 0 saturated carbocycles. The number of nitrogens with zero attached hydrogens (tertiary/aromatic N) is 1. The van der Waals surface area contributed by atoms with E-state index in [-0.39, 0.29) is 23.9 Å². The molecule has 0 bridgehead atoms. The summed E-state index contributed by atoms with van der Waals surface area (Å²) in [5.74, 6) is -0.116. The van der Waals surface area contributed by atoms with Gasteiger partial charge in [-0.15, -0.1) is 0 Å². The average Bonchev–Trinajstić information content (AvgIpc) is 3.32. The minimum Gasteiger partial charge on any atom is -0.361 e. The zero-order chi connectivity index (χ0) is 23.1. The molecule has 33 heavy (non-hydrogen) atoms. The summed E-state index contributed by atoms with van der Waals surface area (Å²) < 4.78 is 0. The third-order valence-electron chi connectivity index (χ3n) is 6.46. The Morgan fingerprint density at radius 3 is 2.48 bits per heavy atom. The van der Waals surface area contributed by atoms with Gasteiger partial charge in [-0.25, -0.2) is 0 Å². The number of hydrogen-bond donors (Lipinski definition) is 3. The largest absolute Gasteiger partial charge is 0.361 e. The van der Waals surface area contributed by atoms with E-state index >= 15 is 0 Å². The Hall–Kier alpha value is -3.64. The fourth-order valence-electron chi connectivity index (χ4n) is 4.94. The van der Waals surface area contributed by atoms with Crippen LogP contribution in [0.3, 0.4) is 0 Å². The molecule has 6 heteroatoms. The number of aromatic nitrogens is 1. The maximum Gasteiger partial charge on any atom is 0.256 e. The Kier molecular flexibility index (Phi) is 5.38. The number of anilines is 1. The van der Waals surface area contributed by atoms with E-state index in [4.69, 9.17) is 0 Å². The zero-order valence-electron chi connectivity index (χ0n) is 19.1. The van der Waals surface area contributed by atoms with Gasteiger partial charge < -0.3 is 20.5 Å². The summed E-state index contributed by atoms with van der Waals surface area (Å²) >= 11 is 0. The Morgan fingerprint density at radius 2 is 1.76 bits per heavy atom. The molecule has 2 unspecified atom stereocenters. The second-order valence-electron chi connectivity index (χ2n) is 9.03. The second-order valence-corrected chi connectivity index (χ2v) is 9.03. The van der Waals surface area contributed by atoms with Crippen molar-refractivity contribution in [3.63, 3.8) is 0 Å². The van der Waals surface area contributed by atoms with E-state index in [1.165, 1.54) is 0 Å². The van der Waals surface area contributed by atoms with E-state index in [1.54, 1.807) is 6.20 Å². The number of nitrogens with one attached hydrogen (secondary N) is 3. The van der Waals surface area contributed by atoms with Gasteiger partial charge in [0.25, 0.3) is 11.8 Å². The van der Waals surface area contributed by atoms with Crippen molar-refractivity contribution in [1.82, 2.24) is 15.2 Å². The van der Waals surface area contributed by atoms with Gasteiger partial charge in [0.05, 0.1) is 11.1 Å². The van der Waals surface area contributed by atoms with Gasteiger partial charge in [0.1, 0.15) is 0 Å². The average molecular weight is 441 g/mol. The Bertz CT molecular complexity index is 1250. The van der Waals surface area contributed by atoms with Crippen LogP contribution >= 0.6 is 0 Å². The highest BCUT2D eigenvalue weighted by molar-refractivity contribution is 6.36. The topological polar surface area (TPSA) is 77.2 Å². The molecule has 3 N–H and O–H groups in total. The SMILES string of the molecule is Cc1c(C(=O)N2CC(C)NC(C)C2)c[nH]c1C=C1C(=O)Nc2cccc(-c3ccccc3)c21. The fraction of sp³-hybridized carbons (Fsp3) is 0.259. The third-order valence-corrected chi connectivity index (χ3v) is 6.46. The summed E-state index contributed by atoms with van der Waals surface area (Å²) in [5.41, 5.74) is 6.62. The highest BCUT2D eigenvalue weighted by Gasteiger charge is 2.30. The van der Waals surface area contributed by atoms with Crippen LogP contribution in [0.5, 0.6) is 0 Å². The van der Waals surface area contributed by atoms with E-state index in [1.807, 2.05) is 66.4 Å². The molecule has 168 valence electrons. The smallest absolute Gasteiger partial charge is 0.256 e. The first-order chi connectivity index (χ1) is 15.9. The van der Waals surface area contributed by atoms with E-state index in [0.717, 1.165) is 33.6 Å². The summed E-state index contributed by atoms with van der Waals surface area (Å²) in [5, 5.41) is 6.45. The molecule has 1 saturated heterocycles. The van der Waals surface area contributed by atoms with Gasteiger partial charge in [-0.3, -0.25) is 9.59 Å². The number of benzene rings is 2. The molecule has 0 spiro atoms. The first-order valence-electron chi connectivity index (χ1n) is 11.4. The van der Waals surface area contributed by atoms with E-state index in [2.05, 4.69) is 29.5 Å². The molecule has 3 heterocycles. The molecule has 2 amide bonds. The standard InChI is InChI=1S/C27H28N4O2/c1-16-14-31(15-17(2)29-16)27(33)22-13-28-24(18(22)3)12-21-25-20(19-8-5-4-6-9-19)10-7-11-23(25)30-26(21)32/h4-13,16-17,28-29H,14-15H2,1-3H3,(H,30,32). The molecule has 3 aromatic rings. The maximum atomic E-state index is 13.2. The predicted octanol–water partition coefficient (Wildman–Crippen LogP) is 4.31. The fourth-order valence-corrected chi connectivity index (χ4v) is 4.94. The zero-order valence-corrected chi connectivity index (χ0v) is 19.1. The van der Waals surface area contributed by atoms with Crippen molar-refractivity contribution >= 4 is 29.2 Å². The molecule has 0 radical (unpaired) electrons. The van der Waals surface area contributed by atoms with Crippen molar-refractivity contribution < 1.29 is 9.59 Å². The Balaban J connectivity index is 1.52. The van der Waals surface area contributed by atoms with E-state index in [9.17, 15) is 9.59 Å². The predicted molar refractivity (Wildman–Crippen MR) is 132 cm³/mol. The monoisotopic (exact) mass is 440 g/mol. The van der Waals surface area contributed by atoms with Crippen molar-refractivity contribution in [3.05, 3.63) is 77.1 Å². The number of fused-ring (bicyclic) bond motifs is 1. The summed E-state index contributed by atoms with van der Waals surface area (Å²) in [6.07, 6.45) is 3.63. The van der Waals surface area contributed by atoms with Crippen molar-refractivity contribution in [2.24, 2.45) is 0 Å². The van der Waals surface area contributed by atoms with Crippen LogP contribution in [-0.4, -0.2) is 46.9 Å². The van der Waals surface area contributed by atoms with Crippen LogP contribution in [0.15, 0.2) is 54.7 Å². The Labute approximate surface area is 193 Å². The van der Waals surface area contributed by atoms with Gasteiger partial charge in [0.2, 0.25) is 0 Å². The molecule has 5 rings (SSSR count). The van der Waals surface area contributed by atoms with Gasteiger partial charge in [-0.1, -0.05) is 42.5 Å². The number of carbonyl (C=O) groups is 2. The van der Waals surface area contributed by atoms with Gasteiger partial charge in [-0.2, -0.15) is 0 Å². The number of H-pyrrole nitrogens is 1. The first-order valence-corrected chi connectivity index (χ1v) is 11.4. The third kappa shape index (κ3) is 3.87. The van der Waals surface area contributed by atoms with Gasteiger partial charge >= 0.3 is 0 Å². The number of rotatable bonds is 3. The lowest BCUT2D eigenvalue weighted by Gasteiger charge is -2.36. The maximum absolute atomic E-state index is 13.2. The van der Waals surface area contributed by atoms with Crippen molar-refractivity contribution in [1.29, 1.82) is 0 Å². The van der Waals surface area contributed by atoms with Crippen molar-refractivity contribution in [2.75, 3.05) is 18.4 Å². The molecule has 2 atom stereocenters. The lowest BCUT2D eigenvalue weighted by molar-refractivity contribution is -0.110. The molecule has 1 aromatic heterocycles. The summed E-state index contributed by atoms with van der Waals surface area (Å²) in [6.45, 7) is 7.48. The minimum absolute atomic E-state index is 0.0230. The van der Waals surface area contributed by atoms with Crippen LogP contribution in [0.2, 0.25) is 0 Å². The van der Waals surface area contributed by atoms with Crippen LogP contribution in [-0.2, 0) is 4.79 Å². The van der Waals surface area contributed by atoms with Crippen LogP contribution in [0, 0.1) is 6.92 Å². The van der Waals surface area contributed by atoms with Crippen LogP contribution in [0.25, 0.3) is 22.8 Å². The molecule has 2 aliphatic heterocycles. The Morgan fingerprint density at radius 1 is 1.03 bits per heavy atom. The molecule has 2 aromatic carbocycles. The molecule has 1 fully saturated rings. The molecule has 0 aliphatic carbocycles. The number of piperazine rings is 1. The lowest BCUT2D eigenvalue weighted by Crippen LogP contribution is -2.55. The molecule has 2 aliphatic rings. The molecule has 6 nitrogen and oxygen atoms in total. The quantitative estimate of drug-likeness (QED) is 0.532. The van der Waals surface area contributed by atoms with Gasteiger partial charge in [0.15, 0.2) is 0 Å². The summed E-state index contributed by atoms with van der Waals surface area (Å²) in [4.78, 5) is 31.3. The highest BCUT2D eigenvalue weighted by atomic mass is 16.2. The van der Waals surface area contributed by atoms with E-state index in [0.29, 0.717) is 24.2 Å². The van der Waals surface area contributed by atoms with Gasteiger partial charge in [-0.05, 0) is 49.6 Å². The molecular weight excluding hydrogens is 412 g/mol. The van der Waals surface area contributed by atoms with Crippen molar-refractivity contribution in [2.45, 2.75) is 32.9 Å². The summed E-state index contributed by atoms with van der Waals surface area (Å²) in [7, 11) is 0. The second kappa shape index (κ2) is 8.37. The van der Waals surface area contributed by atoms with Crippen LogP contribution in [0.1, 0.15) is 41.0 Å². The number of hydrogen-bond acceptors (Lipinski definition) is 3. The van der Waals surface area contributed by atoms with Crippen molar-refractivity contribution in [3.8, 4) is 11.1 Å². The number of amides is 2. The van der Waals surface area contributed by atoms with Crippen LogP contribution in [0.4, 0.5) is 5.69 Å². The van der Waals surface area contributed by atoms with Crippen LogP contribution < -0.4 is 10.6 Å². The molecular formula is C27H28N4O2. The van der Waals surface area contributed by atoms with Gasteiger partial charge in [0, 0.05) is 48.3 Å². The minimum atomic E-state index is -0.139. The first kappa shape index (κ1) is 21.2.